The van der Waals surface area contributed by atoms with E-state index in [1.165, 1.54) is 24.3 Å². The van der Waals surface area contributed by atoms with Crippen LogP contribution in [0.1, 0.15) is 21.5 Å². The summed E-state index contributed by atoms with van der Waals surface area (Å²) in [6.07, 6.45) is -4.74. The van der Waals surface area contributed by atoms with Gasteiger partial charge in [-0.1, -0.05) is 17.7 Å². The fourth-order valence-electron chi connectivity index (χ4n) is 3.83. The van der Waals surface area contributed by atoms with Crippen LogP contribution >= 0.6 is 11.6 Å². The minimum atomic E-state index is -4.74. The maximum atomic E-state index is 14.2. The van der Waals surface area contributed by atoms with Gasteiger partial charge in [-0.2, -0.15) is 13.2 Å². The highest BCUT2D eigenvalue weighted by atomic mass is 35.5. The molecular formula is C24H16ClF5N4O3. The molecule has 1 aromatic heterocycles. The molecule has 0 saturated carbocycles. The molecule has 0 radical (unpaired) electrons. The highest BCUT2D eigenvalue weighted by Gasteiger charge is 2.31. The number of aromatic nitrogens is 2. The normalized spacial score (nSPS) is 13.0. The van der Waals surface area contributed by atoms with Crippen molar-refractivity contribution in [1.82, 2.24) is 15.3 Å². The monoisotopic (exact) mass is 538 g/mol. The van der Waals surface area contributed by atoms with Crippen LogP contribution in [0.4, 0.5) is 33.6 Å². The second-order valence-electron chi connectivity index (χ2n) is 8.01. The largest absolute Gasteiger partial charge is 0.485 e. The average Bonchev–Trinajstić information content (AvgIpc) is 3.26. The Morgan fingerprint density at radius 3 is 2.57 bits per heavy atom. The van der Waals surface area contributed by atoms with Gasteiger partial charge in [-0.25, -0.2) is 13.8 Å². The van der Waals surface area contributed by atoms with Crippen LogP contribution in [0.15, 0.2) is 42.5 Å². The van der Waals surface area contributed by atoms with Crippen LogP contribution in [-0.4, -0.2) is 29.1 Å². The molecule has 0 saturated heterocycles. The van der Waals surface area contributed by atoms with E-state index in [-0.39, 0.29) is 64.6 Å². The van der Waals surface area contributed by atoms with E-state index in [0.717, 1.165) is 12.1 Å². The van der Waals surface area contributed by atoms with Crippen LogP contribution < -0.4 is 20.1 Å². The zero-order chi connectivity index (χ0) is 26.3. The van der Waals surface area contributed by atoms with E-state index in [1.807, 2.05) is 0 Å². The van der Waals surface area contributed by atoms with E-state index in [9.17, 15) is 26.7 Å². The second-order valence-corrected chi connectivity index (χ2v) is 8.42. The molecule has 3 aromatic carbocycles. The summed E-state index contributed by atoms with van der Waals surface area (Å²) in [5.74, 6) is -2.03. The van der Waals surface area contributed by atoms with Gasteiger partial charge in [0.1, 0.15) is 30.4 Å². The number of halogens is 6. The molecule has 0 atom stereocenters. The number of aromatic amines is 1. The van der Waals surface area contributed by atoms with Crippen molar-refractivity contribution < 1.29 is 36.2 Å². The number of H-pyrrole nitrogens is 1. The molecule has 13 heteroatoms. The van der Waals surface area contributed by atoms with Crippen molar-refractivity contribution in [2.75, 3.05) is 18.5 Å². The van der Waals surface area contributed by atoms with E-state index in [1.54, 1.807) is 0 Å². The van der Waals surface area contributed by atoms with E-state index >= 15 is 0 Å². The predicted molar refractivity (Wildman–Crippen MR) is 124 cm³/mol. The number of alkyl halides is 3. The molecule has 0 fully saturated rings. The lowest BCUT2D eigenvalue weighted by atomic mass is 10.1. The van der Waals surface area contributed by atoms with Crippen molar-refractivity contribution in [1.29, 1.82) is 0 Å². The van der Waals surface area contributed by atoms with E-state index < -0.39 is 29.3 Å². The van der Waals surface area contributed by atoms with Gasteiger partial charge in [0, 0.05) is 6.54 Å². The van der Waals surface area contributed by atoms with Crippen LogP contribution in [0, 0.1) is 11.6 Å². The van der Waals surface area contributed by atoms with Crippen molar-refractivity contribution in [3.63, 3.8) is 0 Å². The lowest BCUT2D eigenvalue weighted by Gasteiger charge is -2.21. The number of nitrogens with zero attached hydrogens (tertiary/aromatic N) is 1. The number of imidazole rings is 1. The summed E-state index contributed by atoms with van der Waals surface area (Å²) in [6.45, 7) is -0.0637. The first-order valence-electron chi connectivity index (χ1n) is 10.8. The summed E-state index contributed by atoms with van der Waals surface area (Å²) in [5, 5.41) is 5.34. The van der Waals surface area contributed by atoms with Crippen molar-refractivity contribution in [2.24, 2.45) is 0 Å². The van der Waals surface area contributed by atoms with Crippen LogP contribution in [0.5, 0.6) is 11.5 Å². The lowest BCUT2D eigenvalue weighted by Crippen LogP contribution is -2.26. The van der Waals surface area contributed by atoms with Gasteiger partial charge in [-0.3, -0.25) is 4.79 Å². The van der Waals surface area contributed by atoms with Gasteiger partial charge in [0.25, 0.3) is 5.91 Å². The Labute approximate surface area is 210 Å². The molecule has 0 aliphatic carbocycles. The summed E-state index contributed by atoms with van der Waals surface area (Å²) >= 11 is 6.06. The number of carbonyl (C=O) groups is 1. The number of carbonyl (C=O) groups excluding carboxylic acids is 1. The number of para-hydroxylation sites is 1. The van der Waals surface area contributed by atoms with Crippen molar-refractivity contribution in [2.45, 2.75) is 12.7 Å². The highest BCUT2D eigenvalue weighted by molar-refractivity contribution is 6.33. The Hall–Kier alpha value is -4.06. The average molecular weight is 539 g/mol. The fraction of sp³-hybridized carbons (Fsp3) is 0.167. The van der Waals surface area contributed by atoms with Gasteiger partial charge in [0.2, 0.25) is 5.95 Å². The van der Waals surface area contributed by atoms with E-state index in [2.05, 4.69) is 20.6 Å². The van der Waals surface area contributed by atoms with E-state index in [0.29, 0.717) is 11.6 Å². The molecule has 5 rings (SSSR count). The Morgan fingerprint density at radius 1 is 1.08 bits per heavy atom. The molecule has 192 valence electrons. The quantitative estimate of drug-likeness (QED) is 0.273. The van der Waals surface area contributed by atoms with Gasteiger partial charge in [0.15, 0.2) is 11.5 Å². The highest BCUT2D eigenvalue weighted by Crippen LogP contribution is 2.41. The van der Waals surface area contributed by atoms with Gasteiger partial charge in [0.05, 0.1) is 27.4 Å². The number of hydrogen-bond donors (Lipinski definition) is 3. The Balaban J connectivity index is 1.45. The summed E-state index contributed by atoms with van der Waals surface area (Å²) in [7, 11) is 0. The second kappa shape index (κ2) is 9.43. The minimum Gasteiger partial charge on any atom is -0.485 e. The number of anilines is 2. The smallest absolute Gasteiger partial charge is 0.416 e. The molecule has 0 unspecified atom stereocenters. The van der Waals surface area contributed by atoms with Gasteiger partial charge in [-0.15, -0.1) is 0 Å². The number of fused-ring (bicyclic) bond motifs is 3. The van der Waals surface area contributed by atoms with Crippen LogP contribution in [0.2, 0.25) is 5.02 Å². The van der Waals surface area contributed by atoms with Gasteiger partial charge in [-0.05, 0) is 42.0 Å². The molecule has 0 bridgehead atoms. The summed E-state index contributed by atoms with van der Waals surface area (Å²) < 4.78 is 78.3. The molecule has 37 heavy (non-hydrogen) atoms. The third kappa shape index (κ3) is 4.96. The molecule has 4 aromatic rings. The number of ether oxygens (including phenoxy) is 2. The summed E-state index contributed by atoms with van der Waals surface area (Å²) in [6, 6.07) is 7.56. The number of rotatable bonds is 5. The van der Waals surface area contributed by atoms with Crippen molar-refractivity contribution in [3.05, 3.63) is 75.8 Å². The van der Waals surface area contributed by atoms with Crippen LogP contribution in [0.25, 0.3) is 11.0 Å². The first kappa shape index (κ1) is 24.6. The summed E-state index contributed by atoms with van der Waals surface area (Å²) in [5.41, 5.74) is -0.646. The molecule has 1 aliphatic rings. The zero-order valence-corrected chi connectivity index (χ0v) is 19.4. The Morgan fingerprint density at radius 2 is 1.84 bits per heavy atom. The van der Waals surface area contributed by atoms with Crippen molar-refractivity contribution in [3.8, 4) is 11.5 Å². The molecule has 0 spiro atoms. The number of benzene rings is 3. The third-order valence-electron chi connectivity index (χ3n) is 5.46. The first-order chi connectivity index (χ1) is 17.6. The molecule has 1 amide bonds. The SMILES string of the molecule is O=C(NCc1cc(F)cc(C(F)(F)F)c1)c1cc2nc(Nc3c(F)cccc3Cl)[nH]c2c2c1OCCO2. The fourth-order valence-corrected chi connectivity index (χ4v) is 4.04. The third-order valence-corrected chi connectivity index (χ3v) is 5.77. The Bertz CT molecular complexity index is 1500. The van der Waals surface area contributed by atoms with E-state index in [4.69, 9.17) is 21.1 Å². The number of nitrogens with one attached hydrogen (secondary N) is 3. The lowest BCUT2D eigenvalue weighted by molar-refractivity contribution is -0.137. The first-order valence-corrected chi connectivity index (χ1v) is 11.2. The molecule has 2 heterocycles. The maximum absolute atomic E-state index is 14.2. The predicted octanol–water partition coefficient (Wildman–Crippen LogP) is 5.96. The zero-order valence-electron chi connectivity index (χ0n) is 18.6. The number of amides is 1. The standard InChI is InChI=1S/C24H16ClF5N4O3/c25-15-2-1-3-16(27)18(15)33-23-32-17-9-14(20-21(19(17)34-23)37-5-4-36-20)22(35)31-10-11-6-12(24(28,29)30)8-13(26)7-11/h1-3,6-9H,4-5,10H2,(H,31,35)(H2,32,33,34). The molecular weight excluding hydrogens is 523 g/mol. The van der Waals surface area contributed by atoms with Crippen LogP contribution in [-0.2, 0) is 12.7 Å². The summed E-state index contributed by atoms with van der Waals surface area (Å²) in [4.78, 5) is 20.3. The topological polar surface area (TPSA) is 88.3 Å². The number of hydrogen-bond acceptors (Lipinski definition) is 5. The maximum Gasteiger partial charge on any atom is 0.416 e. The minimum absolute atomic E-state index is 0.00313. The van der Waals surface area contributed by atoms with Crippen LogP contribution in [0.3, 0.4) is 0 Å². The van der Waals surface area contributed by atoms with Gasteiger partial charge >= 0.3 is 6.18 Å². The molecule has 1 aliphatic heterocycles. The van der Waals surface area contributed by atoms with Gasteiger partial charge < -0.3 is 25.1 Å². The molecule has 7 nitrogen and oxygen atoms in total. The van der Waals surface area contributed by atoms with Crippen molar-refractivity contribution >= 4 is 40.2 Å². The Kier molecular flexibility index (Phi) is 6.28. The molecule has 3 N–H and O–H groups in total.